The van der Waals surface area contributed by atoms with Crippen LogP contribution in [-0.4, -0.2) is 23.2 Å². The first-order chi connectivity index (χ1) is 7.31. The molecule has 0 spiro atoms. The van der Waals surface area contributed by atoms with E-state index in [9.17, 15) is 4.39 Å². The minimum Gasteiger partial charge on any atom is -0.373 e. The summed E-state index contributed by atoms with van der Waals surface area (Å²) in [6.45, 7) is 0. The van der Waals surface area contributed by atoms with E-state index in [-0.39, 0.29) is 5.82 Å². The van der Waals surface area contributed by atoms with Crippen molar-refractivity contribution >= 4 is 5.82 Å². The van der Waals surface area contributed by atoms with Gasteiger partial charge < -0.3 is 10.1 Å². The van der Waals surface area contributed by atoms with Gasteiger partial charge in [-0.1, -0.05) is 0 Å². The van der Waals surface area contributed by atoms with Gasteiger partial charge in [-0.15, -0.1) is 0 Å². The summed E-state index contributed by atoms with van der Waals surface area (Å²) in [6.07, 6.45) is 5.33. The van der Waals surface area contributed by atoms with Crippen LogP contribution in [0.15, 0.2) is 18.3 Å². The molecule has 80 valence electrons. The standard InChI is InChI=1S/C11H13FN2O/c12-7-1-4-11(13-6-7)14-9-5-8-2-3-10(9)15-8/h1,4,6,8-10H,2-3,5H2,(H,13,14)/t8-,9-,10-/m1/s1. The van der Waals surface area contributed by atoms with Gasteiger partial charge in [0.05, 0.1) is 24.4 Å². The van der Waals surface area contributed by atoms with Gasteiger partial charge in [0.1, 0.15) is 11.6 Å². The summed E-state index contributed by atoms with van der Waals surface area (Å²) >= 11 is 0. The van der Waals surface area contributed by atoms with Crippen LogP contribution in [0.5, 0.6) is 0 Å². The number of halogens is 1. The van der Waals surface area contributed by atoms with E-state index in [1.807, 2.05) is 0 Å². The summed E-state index contributed by atoms with van der Waals surface area (Å²) < 4.78 is 18.4. The zero-order chi connectivity index (χ0) is 10.3. The molecule has 3 nitrogen and oxygen atoms in total. The van der Waals surface area contributed by atoms with E-state index in [1.165, 1.54) is 18.7 Å². The van der Waals surface area contributed by atoms with Crippen LogP contribution in [0.2, 0.25) is 0 Å². The van der Waals surface area contributed by atoms with Gasteiger partial charge in [0.25, 0.3) is 0 Å². The van der Waals surface area contributed by atoms with Crippen LogP contribution in [-0.2, 0) is 4.74 Å². The van der Waals surface area contributed by atoms with E-state index < -0.39 is 0 Å². The molecule has 3 rings (SSSR count). The van der Waals surface area contributed by atoms with Crippen molar-refractivity contribution in [3.63, 3.8) is 0 Å². The molecule has 0 aromatic carbocycles. The number of nitrogens with zero attached hydrogens (tertiary/aromatic N) is 1. The third kappa shape index (κ3) is 1.69. The number of anilines is 1. The van der Waals surface area contributed by atoms with Crippen LogP contribution in [0.1, 0.15) is 19.3 Å². The number of ether oxygens (including phenoxy) is 1. The molecule has 0 aliphatic carbocycles. The summed E-state index contributed by atoms with van der Waals surface area (Å²) in [7, 11) is 0. The summed E-state index contributed by atoms with van der Waals surface area (Å²) in [6, 6.07) is 3.44. The van der Waals surface area contributed by atoms with E-state index in [2.05, 4.69) is 10.3 Å². The molecule has 1 aromatic heterocycles. The molecule has 1 aromatic rings. The maximum atomic E-state index is 12.6. The van der Waals surface area contributed by atoms with Gasteiger partial charge in [0.2, 0.25) is 0 Å². The summed E-state index contributed by atoms with van der Waals surface area (Å²) in [5.41, 5.74) is 0. The number of hydrogen-bond acceptors (Lipinski definition) is 3. The van der Waals surface area contributed by atoms with Crippen LogP contribution in [0.3, 0.4) is 0 Å². The molecule has 2 aliphatic heterocycles. The monoisotopic (exact) mass is 208 g/mol. The van der Waals surface area contributed by atoms with E-state index >= 15 is 0 Å². The first-order valence-corrected chi connectivity index (χ1v) is 5.35. The Kier molecular flexibility index (Phi) is 2.09. The molecule has 2 aliphatic rings. The average molecular weight is 208 g/mol. The molecular formula is C11H13FN2O. The lowest BCUT2D eigenvalue weighted by Gasteiger charge is -2.20. The van der Waals surface area contributed by atoms with Gasteiger partial charge >= 0.3 is 0 Å². The minimum atomic E-state index is -0.301. The van der Waals surface area contributed by atoms with Crippen LogP contribution in [0, 0.1) is 5.82 Å². The highest BCUT2D eigenvalue weighted by Crippen LogP contribution is 2.35. The molecule has 3 heterocycles. The van der Waals surface area contributed by atoms with Crippen molar-refractivity contribution in [1.82, 2.24) is 4.98 Å². The Labute approximate surface area is 87.7 Å². The Morgan fingerprint density at radius 3 is 2.93 bits per heavy atom. The van der Waals surface area contributed by atoms with Gasteiger partial charge in [-0.05, 0) is 31.4 Å². The fourth-order valence-electron chi connectivity index (χ4n) is 2.44. The summed E-state index contributed by atoms with van der Waals surface area (Å²) in [5.74, 6) is 0.433. The van der Waals surface area contributed by atoms with E-state index in [0.717, 1.165) is 18.7 Å². The normalized spacial score (nSPS) is 33.3. The predicted molar refractivity (Wildman–Crippen MR) is 54.1 cm³/mol. The van der Waals surface area contributed by atoms with Crippen LogP contribution in [0.25, 0.3) is 0 Å². The van der Waals surface area contributed by atoms with Gasteiger partial charge in [0, 0.05) is 0 Å². The largest absolute Gasteiger partial charge is 0.373 e. The summed E-state index contributed by atoms with van der Waals surface area (Å²) in [5, 5.41) is 3.30. The van der Waals surface area contributed by atoms with Crippen molar-refractivity contribution < 1.29 is 9.13 Å². The van der Waals surface area contributed by atoms with Crippen molar-refractivity contribution in [1.29, 1.82) is 0 Å². The van der Waals surface area contributed by atoms with Gasteiger partial charge in [-0.25, -0.2) is 9.37 Å². The Morgan fingerprint density at radius 1 is 1.40 bits per heavy atom. The first kappa shape index (κ1) is 9.09. The maximum absolute atomic E-state index is 12.6. The molecular weight excluding hydrogens is 195 g/mol. The number of hydrogen-bond donors (Lipinski definition) is 1. The fourth-order valence-corrected chi connectivity index (χ4v) is 2.44. The summed E-state index contributed by atoms with van der Waals surface area (Å²) in [4.78, 5) is 3.98. The molecule has 2 bridgehead atoms. The molecule has 2 fully saturated rings. The van der Waals surface area contributed by atoms with Crippen LogP contribution >= 0.6 is 0 Å². The zero-order valence-electron chi connectivity index (χ0n) is 8.32. The Morgan fingerprint density at radius 2 is 2.33 bits per heavy atom. The highest BCUT2D eigenvalue weighted by atomic mass is 19.1. The highest BCUT2D eigenvalue weighted by molar-refractivity contribution is 5.36. The Balaban J connectivity index is 1.68. The molecule has 3 atom stereocenters. The maximum Gasteiger partial charge on any atom is 0.141 e. The third-order valence-corrected chi connectivity index (χ3v) is 3.17. The number of nitrogens with one attached hydrogen (secondary N) is 1. The molecule has 0 amide bonds. The quantitative estimate of drug-likeness (QED) is 0.806. The van der Waals surface area contributed by atoms with Gasteiger partial charge in [-0.2, -0.15) is 0 Å². The molecule has 15 heavy (non-hydrogen) atoms. The lowest BCUT2D eigenvalue weighted by molar-refractivity contribution is 0.102. The Hall–Kier alpha value is -1.16. The molecule has 0 saturated carbocycles. The SMILES string of the molecule is Fc1ccc(N[C@@H]2C[C@H]3CC[C@H]2O3)nc1. The second-order valence-electron chi connectivity index (χ2n) is 4.22. The molecule has 2 saturated heterocycles. The van der Waals surface area contributed by atoms with Crippen molar-refractivity contribution in [2.75, 3.05) is 5.32 Å². The van der Waals surface area contributed by atoms with Crippen molar-refractivity contribution in [3.05, 3.63) is 24.1 Å². The lowest BCUT2D eigenvalue weighted by atomic mass is 9.95. The highest BCUT2D eigenvalue weighted by Gasteiger charge is 2.40. The van der Waals surface area contributed by atoms with Crippen molar-refractivity contribution in [2.45, 2.75) is 37.5 Å². The van der Waals surface area contributed by atoms with E-state index in [4.69, 9.17) is 4.74 Å². The van der Waals surface area contributed by atoms with Crippen molar-refractivity contribution in [3.8, 4) is 0 Å². The van der Waals surface area contributed by atoms with Crippen molar-refractivity contribution in [2.24, 2.45) is 0 Å². The number of fused-ring (bicyclic) bond motifs is 2. The zero-order valence-corrected chi connectivity index (χ0v) is 8.32. The first-order valence-electron chi connectivity index (χ1n) is 5.35. The molecule has 1 N–H and O–H groups in total. The number of aromatic nitrogens is 1. The van der Waals surface area contributed by atoms with Gasteiger partial charge in [-0.3, -0.25) is 0 Å². The van der Waals surface area contributed by atoms with Crippen LogP contribution in [0.4, 0.5) is 10.2 Å². The topological polar surface area (TPSA) is 34.1 Å². The number of pyridine rings is 1. The number of rotatable bonds is 2. The minimum absolute atomic E-state index is 0.301. The average Bonchev–Trinajstić information content (AvgIpc) is 2.83. The fraction of sp³-hybridized carbons (Fsp3) is 0.545. The van der Waals surface area contributed by atoms with E-state index in [0.29, 0.717) is 18.2 Å². The Bertz CT molecular complexity index is 354. The second-order valence-corrected chi connectivity index (χ2v) is 4.22. The lowest BCUT2D eigenvalue weighted by Crippen LogP contribution is -2.30. The molecule has 0 radical (unpaired) electrons. The van der Waals surface area contributed by atoms with E-state index in [1.54, 1.807) is 6.07 Å². The van der Waals surface area contributed by atoms with Gasteiger partial charge in [0.15, 0.2) is 0 Å². The molecule has 4 heteroatoms. The predicted octanol–water partition coefficient (Wildman–Crippen LogP) is 1.95. The second kappa shape index (κ2) is 3.45. The van der Waals surface area contributed by atoms with Crippen LogP contribution < -0.4 is 5.32 Å². The third-order valence-electron chi connectivity index (χ3n) is 3.17. The molecule has 0 unspecified atom stereocenters. The smallest absolute Gasteiger partial charge is 0.141 e.